The fourth-order valence-corrected chi connectivity index (χ4v) is 9.02. The minimum atomic E-state index is -0.900. The molecule has 0 amide bonds. The molecule has 0 radical (unpaired) electrons. The van der Waals surface area contributed by atoms with E-state index in [0.29, 0.717) is 64.5 Å². The molecule has 2 saturated heterocycles. The number of halogens is 3. The summed E-state index contributed by atoms with van der Waals surface area (Å²) in [6.07, 6.45) is 3.50. The third-order valence-corrected chi connectivity index (χ3v) is 11.5. The van der Waals surface area contributed by atoms with Gasteiger partial charge in [0.15, 0.2) is 5.82 Å². The minimum absolute atomic E-state index is 0.0956. The normalized spacial score (nSPS) is 22.0. The van der Waals surface area contributed by atoms with Crippen LogP contribution in [0.5, 0.6) is 6.01 Å². The second-order valence-corrected chi connectivity index (χ2v) is 14.5. The summed E-state index contributed by atoms with van der Waals surface area (Å²) in [6, 6.07) is 5.23. The number of benzene rings is 2. The Morgan fingerprint density at radius 3 is 2.92 bits per heavy atom. The molecule has 2 atom stereocenters. The molecule has 15 heteroatoms. The molecule has 4 aliphatic rings. The Morgan fingerprint density at radius 2 is 2.08 bits per heavy atom. The van der Waals surface area contributed by atoms with Gasteiger partial charge < -0.3 is 20.5 Å². The number of anilines is 2. The molecule has 5 aromatic rings. The number of nitrogens with zero attached hydrogens (tertiary/aromatic N) is 6. The molecular weight excluding hydrogens is 660 g/mol. The number of aromatic nitrogens is 5. The largest absolute Gasteiger partial charge is 0.461 e. The monoisotopic (exact) mass is 689 g/mol. The second kappa shape index (κ2) is 11.2. The molecule has 1 saturated carbocycles. The van der Waals surface area contributed by atoms with Crippen LogP contribution in [0.4, 0.5) is 19.6 Å². The second-order valence-electron chi connectivity index (χ2n) is 13.1. The van der Waals surface area contributed by atoms with E-state index in [1.807, 2.05) is 0 Å². The topological polar surface area (TPSA) is 151 Å². The Balaban J connectivity index is 1.20. The number of ether oxygens (including phenoxy) is 2. The summed E-state index contributed by atoms with van der Waals surface area (Å²) in [7, 11) is 0. The Hall–Kier alpha value is -4.16. The van der Waals surface area contributed by atoms with Crippen LogP contribution in [0.3, 0.4) is 0 Å². The summed E-state index contributed by atoms with van der Waals surface area (Å²) in [5.74, 6) is 1.88. The highest BCUT2D eigenvalue weighted by Gasteiger charge is 2.49. The number of nitrogens with one attached hydrogen (secondary N) is 2. The van der Waals surface area contributed by atoms with E-state index in [1.54, 1.807) is 6.07 Å². The molecule has 48 heavy (non-hydrogen) atoms. The van der Waals surface area contributed by atoms with Gasteiger partial charge in [-0.15, -0.1) is 11.3 Å². The van der Waals surface area contributed by atoms with Gasteiger partial charge in [-0.2, -0.15) is 20.3 Å². The van der Waals surface area contributed by atoms with Crippen LogP contribution >= 0.6 is 22.9 Å². The average Bonchev–Trinajstić information content (AvgIpc) is 3.45. The van der Waals surface area contributed by atoms with Crippen LogP contribution < -0.4 is 15.8 Å². The standard InChI is InChI=1S/C33H30ClF2N9O2S/c34-26-23(17-4-5-21(36)28-24(17)18(9-37)29(38)48-28)19-12-46-13-20(19)25-27(26)41-32(47-14-33-6-1-7-45(33)11-16(35)8-33)42-31(25)39-10-22-40-30(44-43-22)15-2-3-15/h4-5,15-16H,1-3,6-8,10-14,38H2,(H,39,41,42)(H,40,43,44). The quantitative estimate of drug-likeness (QED) is 0.168. The highest BCUT2D eigenvalue weighted by atomic mass is 35.5. The average molecular weight is 690 g/mol. The zero-order valence-electron chi connectivity index (χ0n) is 25.7. The van der Waals surface area contributed by atoms with Crippen molar-refractivity contribution in [1.82, 2.24) is 30.0 Å². The van der Waals surface area contributed by atoms with Gasteiger partial charge in [0.05, 0.1) is 51.5 Å². The van der Waals surface area contributed by atoms with Gasteiger partial charge in [-0.3, -0.25) is 10.00 Å². The minimum Gasteiger partial charge on any atom is -0.461 e. The van der Waals surface area contributed by atoms with Crippen molar-refractivity contribution >= 4 is 54.7 Å². The maximum absolute atomic E-state index is 15.1. The number of nitrogens with two attached hydrogens (primary N) is 1. The number of hydrogen-bond acceptors (Lipinski definition) is 11. The molecule has 9 rings (SSSR count). The van der Waals surface area contributed by atoms with Crippen molar-refractivity contribution in [2.24, 2.45) is 0 Å². The summed E-state index contributed by atoms with van der Waals surface area (Å²) < 4.78 is 42.2. The predicted octanol–water partition coefficient (Wildman–Crippen LogP) is 6.35. The van der Waals surface area contributed by atoms with E-state index in [4.69, 9.17) is 36.8 Å². The summed E-state index contributed by atoms with van der Waals surface area (Å²) in [4.78, 5) is 16.5. The highest BCUT2D eigenvalue weighted by Crippen LogP contribution is 2.49. The van der Waals surface area contributed by atoms with Gasteiger partial charge in [-0.05, 0) is 55.0 Å². The van der Waals surface area contributed by atoms with Crippen LogP contribution in [0.15, 0.2) is 12.1 Å². The summed E-state index contributed by atoms with van der Waals surface area (Å²) >= 11 is 8.35. The van der Waals surface area contributed by atoms with Crippen molar-refractivity contribution in [2.45, 2.75) is 69.5 Å². The van der Waals surface area contributed by atoms with Gasteiger partial charge in [-0.25, -0.2) is 13.8 Å². The molecule has 246 valence electrons. The first-order valence-corrected chi connectivity index (χ1v) is 17.2. The number of thiophene rings is 1. The van der Waals surface area contributed by atoms with E-state index in [1.165, 1.54) is 6.07 Å². The van der Waals surface area contributed by atoms with Crippen molar-refractivity contribution in [3.8, 4) is 23.2 Å². The lowest BCUT2D eigenvalue weighted by Crippen LogP contribution is -2.43. The predicted molar refractivity (Wildman–Crippen MR) is 177 cm³/mol. The maximum atomic E-state index is 15.1. The Bertz CT molecular complexity index is 2180. The van der Waals surface area contributed by atoms with Crippen molar-refractivity contribution in [3.63, 3.8) is 0 Å². The Kier molecular flexibility index (Phi) is 6.98. The fraction of sp³-hybridized carbons (Fsp3) is 0.424. The zero-order valence-corrected chi connectivity index (χ0v) is 27.3. The fourth-order valence-electron chi connectivity index (χ4n) is 7.72. The summed E-state index contributed by atoms with van der Waals surface area (Å²) in [5, 5.41) is 22.4. The Morgan fingerprint density at radius 1 is 1.23 bits per heavy atom. The molecule has 3 fully saturated rings. The first-order valence-electron chi connectivity index (χ1n) is 16.0. The van der Waals surface area contributed by atoms with Crippen molar-refractivity contribution < 1.29 is 18.3 Å². The summed E-state index contributed by atoms with van der Waals surface area (Å²) in [6.45, 7) is 2.29. The van der Waals surface area contributed by atoms with Crippen molar-refractivity contribution in [3.05, 3.63) is 51.3 Å². The van der Waals surface area contributed by atoms with Gasteiger partial charge in [0.25, 0.3) is 0 Å². The van der Waals surface area contributed by atoms with Crippen molar-refractivity contribution in [2.75, 3.05) is 30.7 Å². The van der Waals surface area contributed by atoms with Crippen LogP contribution in [-0.2, 0) is 24.5 Å². The molecule has 2 unspecified atom stereocenters. The molecule has 6 heterocycles. The third kappa shape index (κ3) is 4.70. The van der Waals surface area contributed by atoms with Crippen molar-refractivity contribution in [1.29, 1.82) is 5.26 Å². The first kappa shape index (κ1) is 29.9. The lowest BCUT2D eigenvalue weighted by Gasteiger charge is -2.30. The van der Waals surface area contributed by atoms with Gasteiger partial charge in [0.1, 0.15) is 41.3 Å². The molecule has 4 N–H and O–H groups in total. The van der Waals surface area contributed by atoms with Crippen LogP contribution in [-0.4, -0.2) is 61.5 Å². The maximum Gasteiger partial charge on any atom is 0.319 e. The van der Waals surface area contributed by atoms with Gasteiger partial charge in [0, 0.05) is 29.8 Å². The van der Waals surface area contributed by atoms with E-state index in [9.17, 15) is 9.65 Å². The number of H-pyrrole nitrogens is 1. The van der Waals surface area contributed by atoms with E-state index in [-0.39, 0.29) is 46.1 Å². The zero-order chi connectivity index (χ0) is 32.7. The lowest BCUT2D eigenvalue weighted by molar-refractivity contribution is 0.107. The molecule has 3 aliphatic heterocycles. The van der Waals surface area contributed by atoms with Crippen LogP contribution in [0, 0.1) is 17.1 Å². The molecule has 11 nitrogen and oxygen atoms in total. The number of nitrogen functional groups attached to an aromatic ring is 1. The Labute approximate surface area is 282 Å². The number of fused-ring (bicyclic) bond motifs is 5. The number of hydrogen-bond donors (Lipinski definition) is 3. The van der Waals surface area contributed by atoms with Gasteiger partial charge in [0.2, 0.25) is 0 Å². The lowest BCUT2D eigenvalue weighted by atomic mass is 9.91. The molecule has 0 bridgehead atoms. The van der Waals surface area contributed by atoms with E-state index in [2.05, 4.69) is 31.5 Å². The van der Waals surface area contributed by atoms with Crippen LogP contribution in [0.1, 0.15) is 66.4 Å². The van der Waals surface area contributed by atoms with E-state index in [0.717, 1.165) is 60.5 Å². The van der Waals surface area contributed by atoms with Crippen LogP contribution in [0.25, 0.3) is 32.1 Å². The molecule has 2 aromatic carbocycles. The molecule has 1 aliphatic carbocycles. The molecular formula is C33H30ClF2N9O2S. The van der Waals surface area contributed by atoms with Gasteiger partial charge >= 0.3 is 6.01 Å². The number of alkyl halides is 1. The summed E-state index contributed by atoms with van der Waals surface area (Å²) in [5.41, 5.74) is 9.16. The first-order chi connectivity index (χ1) is 23.3. The third-order valence-electron chi connectivity index (χ3n) is 10.1. The number of aromatic amines is 1. The van der Waals surface area contributed by atoms with E-state index < -0.39 is 17.5 Å². The van der Waals surface area contributed by atoms with E-state index >= 15 is 4.39 Å². The van der Waals surface area contributed by atoms with Crippen LogP contribution in [0.2, 0.25) is 5.02 Å². The SMILES string of the molecule is N#Cc1c(N)sc2c(F)ccc(-c3c4c(c5c(NCc6nc(C7CC7)n[nH]6)nc(OCC67CCCN6CC(F)C7)nc5c3Cl)COC4)c12. The van der Waals surface area contributed by atoms with Gasteiger partial charge in [-0.1, -0.05) is 17.7 Å². The molecule has 3 aromatic heterocycles. The molecule has 0 spiro atoms. The number of nitriles is 1. The number of rotatable bonds is 8. The smallest absolute Gasteiger partial charge is 0.319 e. The highest BCUT2D eigenvalue weighted by molar-refractivity contribution is 7.23.